The normalized spacial score (nSPS) is 12.3. The molecule has 0 aliphatic rings. The molecule has 1 amide bonds. The third-order valence-electron chi connectivity index (χ3n) is 2.78. The van der Waals surface area contributed by atoms with E-state index in [4.69, 9.17) is 5.73 Å². The van der Waals surface area contributed by atoms with Crippen LogP contribution < -0.4 is 11.1 Å². The number of nitrogens with two attached hydrogens (primary N) is 1. The Morgan fingerprint density at radius 3 is 2.35 bits per heavy atom. The number of benzene rings is 1. The van der Waals surface area contributed by atoms with E-state index in [1.54, 1.807) is 0 Å². The first kappa shape index (κ1) is 16.3. The smallest absolute Gasteiger partial charge is 0.398 e. The number of hydrogen-bond acceptors (Lipinski definition) is 2. The van der Waals surface area contributed by atoms with E-state index >= 15 is 0 Å². The summed E-state index contributed by atoms with van der Waals surface area (Å²) >= 11 is 0. The van der Waals surface area contributed by atoms with E-state index in [9.17, 15) is 18.0 Å². The van der Waals surface area contributed by atoms with Crippen LogP contribution in [0, 0.1) is 5.41 Å². The summed E-state index contributed by atoms with van der Waals surface area (Å²) in [7, 11) is 0. The van der Waals surface area contributed by atoms with E-state index in [0.717, 1.165) is 18.6 Å². The molecule has 20 heavy (non-hydrogen) atoms. The molecule has 1 rings (SSSR count). The van der Waals surface area contributed by atoms with Gasteiger partial charge in [0.1, 0.15) is 0 Å². The van der Waals surface area contributed by atoms with Crippen molar-refractivity contribution >= 4 is 11.6 Å². The predicted octanol–water partition coefficient (Wildman–Crippen LogP) is 3.45. The molecule has 0 radical (unpaired) electrons. The molecule has 112 valence electrons. The lowest BCUT2D eigenvalue weighted by Gasteiger charge is -2.18. The maximum absolute atomic E-state index is 12.7. The molecule has 1 aromatic carbocycles. The summed E-state index contributed by atoms with van der Waals surface area (Å²) in [6.07, 6.45) is -3.83. The summed E-state index contributed by atoms with van der Waals surface area (Å²) in [6, 6.07) is 3.17. The SMILES string of the molecule is CC(C)(C)CCNC(=O)c1ccc(N)c(C(F)(F)F)c1. The van der Waals surface area contributed by atoms with E-state index in [1.807, 2.05) is 20.8 Å². The number of halogens is 3. The number of rotatable bonds is 3. The molecule has 3 nitrogen and oxygen atoms in total. The molecule has 0 aliphatic heterocycles. The third kappa shape index (κ3) is 4.75. The van der Waals surface area contributed by atoms with E-state index in [-0.39, 0.29) is 16.7 Å². The van der Waals surface area contributed by atoms with Gasteiger partial charge >= 0.3 is 6.18 Å². The Hall–Kier alpha value is -1.72. The second kappa shape index (κ2) is 5.73. The molecule has 0 saturated carbocycles. The molecule has 0 atom stereocenters. The largest absolute Gasteiger partial charge is 0.418 e. The first-order chi connectivity index (χ1) is 9.00. The molecule has 0 fully saturated rings. The first-order valence-corrected chi connectivity index (χ1v) is 6.25. The van der Waals surface area contributed by atoms with Gasteiger partial charge in [-0.1, -0.05) is 20.8 Å². The average molecular weight is 288 g/mol. The zero-order valence-corrected chi connectivity index (χ0v) is 11.8. The van der Waals surface area contributed by atoms with Gasteiger partial charge in [-0.15, -0.1) is 0 Å². The minimum atomic E-state index is -4.56. The molecular formula is C14H19F3N2O. The highest BCUT2D eigenvalue weighted by Crippen LogP contribution is 2.34. The van der Waals surface area contributed by atoms with Crippen molar-refractivity contribution < 1.29 is 18.0 Å². The quantitative estimate of drug-likeness (QED) is 0.837. The molecule has 3 N–H and O–H groups in total. The second-order valence-corrected chi connectivity index (χ2v) is 5.87. The summed E-state index contributed by atoms with van der Waals surface area (Å²) in [5, 5.41) is 2.61. The molecule has 0 aromatic heterocycles. The topological polar surface area (TPSA) is 55.1 Å². The van der Waals surface area contributed by atoms with Crippen LogP contribution in [0.5, 0.6) is 0 Å². The Morgan fingerprint density at radius 2 is 1.85 bits per heavy atom. The van der Waals surface area contributed by atoms with Gasteiger partial charge in [0.15, 0.2) is 0 Å². The van der Waals surface area contributed by atoms with E-state index in [2.05, 4.69) is 5.32 Å². The molecule has 0 bridgehead atoms. The summed E-state index contributed by atoms with van der Waals surface area (Å²) in [5.74, 6) is -0.528. The van der Waals surface area contributed by atoms with Crippen LogP contribution in [0.15, 0.2) is 18.2 Å². The van der Waals surface area contributed by atoms with Gasteiger partial charge in [0.2, 0.25) is 0 Å². The predicted molar refractivity (Wildman–Crippen MR) is 72.3 cm³/mol. The molecular weight excluding hydrogens is 269 g/mol. The van der Waals surface area contributed by atoms with Crippen molar-refractivity contribution in [2.75, 3.05) is 12.3 Å². The average Bonchev–Trinajstić information content (AvgIpc) is 2.26. The summed E-state index contributed by atoms with van der Waals surface area (Å²) < 4.78 is 38.1. The third-order valence-corrected chi connectivity index (χ3v) is 2.78. The molecule has 0 spiro atoms. The Kier molecular flexibility index (Phi) is 4.68. The number of alkyl halides is 3. The van der Waals surface area contributed by atoms with Crippen molar-refractivity contribution in [3.63, 3.8) is 0 Å². The zero-order chi connectivity index (χ0) is 15.6. The fourth-order valence-electron chi connectivity index (χ4n) is 1.60. The summed E-state index contributed by atoms with van der Waals surface area (Å²) in [6.45, 7) is 6.46. The Labute approximate surface area is 116 Å². The first-order valence-electron chi connectivity index (χ1n) is 6.25. The van der Waals surface area contributed by atoms with Crippen molar-refractivity contribution in [3.8, 4) is 0 Å². The monoisotopic (exact) mass is 288 g/mol. The van der Waals surface area contributed by atoms with E-state index in [0.29, 0.717) is 6.54 Å². The number of nitrogens with one attached hydrogen (secondary N) is 1. The van der Waals surface area contributed by atoms with Gasteiger partial charge in [-0.05, 0) is 30.0 Å². The van der Waals surface area contributed by atoms with Crippen molar-refractivity contribution in [1.29, 1.82) is 0 Å². The fraction of sp³-hybridized carbons (Fsp3) is 0.500. The highest BCUT2D eigenvalue weighted by Gasteiger charge is 2.33. The highest BCUT2D eigenvalue weighted by atomic mass is 19.4. The Balaban J connectivity index is 2.80. The lowest BCUT2D eigenvalue weighted by Crippen LogP contribution is -2.27. The van der Waals surface area contributed by atoms with Gasteiger partial charge in [-0.3, -0.25) is 4.79 Å². The molecule has 6 heteroatoms. The lowest BCUT2D eigenvalue weighted by molar-refractivity contribution is -0.136. The van der Waals surface area contributed by atoms with Crippen molar-refractivity contribution in [2.24, 2.45) is 5.41 Å². The maximum Gasteiger partial charge on any atom is 0.418 e. The van der Waals surface area contributed by atoms with Crippen molar-refractivity contribution in [1.82, 2.24) is 5.32 Å². The van der Waals surface area contributed by atoms with Crippen molar-refractivity contribution in [3.05, 3.63) is 29.3 Å². The minimum absolute atomic E-state index is 0.0413. The number of nitrogen functional groups attached to an aromatic ring is 1. The Morgan fingerprint density at radius 1 is 1.25 bits per heavy atom. The van der Waals surface area contributed by atoms with Crippen LogP contribution in [-0.2, 0) is 6.18 Å². The standard InChI is InChI=1S/C14H19F3N2O/c1-13(2,3)6-7-19-12(20)9-4-5-11(18)10(8-9)14(15,16)17/h4-5,8H,6-7,18H2,1-3H3,(H,19,20). The van der Waals surface area contributed by atoms with Crippen LogP contribution in [0.1, 0.15) is 43.1 Å². The Bertz CT molecular complexity index is 490. The van der Waals surface area contributed by atoms with Crippen LogP contribution in [0.4, 0.5) is 18.9 Å². The lowest BCUT2D eigenvalue weighted by atomic mass is 9.92. The van der Waals surface area contributed by atoms with Gasteiger partial charge in [0, 0.05) is 17.8 Å². The van der Waals surface area contributed by atoms with Crippen molar-refractivity contribution in [2.45, 2.75) is 33.4 Å². The van der Waals surface area contributed by atoms with Crippen LogP contribution in [0.3, 0.4) is 0 Å². The molecule has 0 aliphatic carbocycles. The number of carbonyl (C=O) groups is 1. The van der Waals surface area contributed by atoms with Crippen LogP contribution in [0.2, 0.25) is 0 Å². The number of anilines is 1. The van der Waals surface area contributed by atoms with Gasteiger partial charge in [-0.25, -0.2) is 0 Å². The van der Waals surface area contributed by atoms with Crippen LogP contribution >= 0.6 is 0 Å². The van der Waals surface area contributed by atoms with Gasteiger partial charge < -0.3 is 11.1 Å². The van der Waals surface area contributed by atoms with Gasteiger partial charge in [0.25, 0.3) is 5.91 Å². The summed E-state index contributed by atoms with van der Waals surface area (Å²) in [4.78, 5) is 11.8. The highest BCUT2D eigenvalue weighted by molar-refractivity contribution is 5.94. The number of hydrogen-bond donors (Lipinski definition) is 2. The minimum Gasteiger partial charge on any atom is -0.398 e. The molecule has 0 heterocycles. The fourth-order valence-corrected chi connectivity index (χ4v) is 1.60. The number of amides is 1. The molecule has 0 saturated heterocycles. The maximum atomic E-state index is 12.7. The van der Waals surface area contributed by atoms with Gasteiger partial charge in [-0.2, -0.15) is 13.2 Å². The van der Waals surface area contributed by atoms with E-state index < -0.39 is 17.6 Å². The van der Waals surface area contributed by atoms with Gasteiger partial charge in [0.05, 0.1) is 5.56 Å². The zero-order valence-electron chi connectivity index (χ0n) is 11.8. The summed E-state index contributed by atoms with van der Waals surface area (Å²) in [5.41, 5.74) is 3.92. The second-order valence-electron chi connectivity index (χ2n) is 5.87. The molecule has 0 unspecified atom stereocenters. The van der Waals surface area contributed by atoms with Crippen LogP contribution in [-0.4, -0.2) is 12.5 Å². The number of carbonyl (C=O) groups excluding carboxylic acids is 1. The van der Waals surface area contributed by atoms with E-state index in [1.165, 1.54) is 6.07 Å². The van der Waals surface area contributed by atoms with Crippen LogP contribution in [0.25, 0.3) is 0 Å². The molecule has 1 aromatic rings.